The quantitative estimate of drug-likeness (QED) is 0.165. The number of nitrogens with zero attached hydrogens (tertiary/aromatic N) is 9. The summed E-state index contributed by atoms with van der Waals surface area (Å²) >= 11 is 0. The Hall–Kier alpha value is -8.95. The molecule has 0 unspecified atom stereocenters. The van der Waals surface area contributed by atoms with Crippen LogP contribution in [0.1, 0.15) is 0 Å². The van der Waals surface area contributed by atoms with Gasteiger partial charge in [-0.05, 0) is 71.8 Å². The van der Waals surface area contributed by atoms with Crippen LogP contribution < -0.4 is 0 Å². The van der Waals surface area contributed by atoms with Gasteiger partial charge in [0.15, 0.2) is 17.5 Å². The van der Waals surface area contributed by atoms with Gasteiger partial charge >= 0.3 is 0 Å². The molecule has 9 heteroatoms. The highest BCUT2D eigenvalue weighted by Crippen LogP contribution is 2.40. The average molecular weight is 820 g/mol. The summed E-state index contributed by atoms with van der Waals surface area (Å²) in [6.45, 7) is 0. The van der Waals surface area contributed by atoms with E-state index in [0.717, 1.165) is 88.6 Å². The fourth-order valence-electron chi connectivity index (χ4n) is 9.31. The van der Waals surface area contributed by atoms with E-state index in [1.54, 1.807) is 24.8 Å². The van der Waals surface area contributed by atoms with Gasteiger partial charge in [0.25, 0.3) is 0 Å². The molecule has 0 N–H and O–H groups in total. The number of hydrogen-bond acceptors (Lipinski definition) is 7. The normalized spacial score (nSPS) is 11.8. The van der Waals surface area contributed by atoms with Crippen molar-refractivity contribution in [1.29, 1.82) is 0 Å². The summed E-state index contributed by atoms with van der Waals surface area (Å²) in [4.78, 5) is 34.3. The first-order valence-electron chi connectivity index (χ1n) is 21.1. The zero-order chi connectivity index (χ0) is 42.1. The molecule has 13 rings (SSSR count). The highest BCUT2D eigenvalue weighted by molar-refractivity contribution is 6.14. The molecular weight excluding hydrogens is 787 g/mol. The van der Waals surface area contributed by atoms with Crippen LogP contribution >= 0.6 is 0 Å². The predicted molar refractivity (Wildman–Crippen MR) is 256 cm³/mol. The second-order valence-corrected chi connectivity index (χ2v) is 15.8. The number of para-hydroxylation sites is 3. The maximum atomic E-state index is 5.04. The van der Waals surface area contributed by atoms with Crippen LogP contribution in [-0.4, -0.2) is 44.0 Å². The van der Waals surface area contributed by atoms with Gasteiger partial charge in [0.2, 0.25) is 0 Å². The van der Waals surface area contributed by atoms with Crippen molar-refractivity contribution < 1.29 is 0 Å². The highest BCUT2D eigenvalue weighted by atomic mass is 15.0. The maximum Gasteiger partial charge on any atom is 0.166 e. The Labute approximate surface area is 365 Å². The summed E-state index contributed by atoms with van der Waals surface area (Å²) in [5.74, 6) is 1.71. The molecule has 0 saturated carbocycles. The minimum atomic E-state index is 0.530. The Balaban J connectivity index is 0.968. The van der Waals surface area contributed by atoms with Crippen LogP contribution in [0.2, 0.25) is 0 Å². The van der Waals surface area contributed by atoms with Crippen molar-refractivity contribution in [3.8, 4) is 56.7 Å². The van der Waals surface area contributed by atoms with Crippen molar-refractivity contribution >= 4 is 65.7 Å². The van der Waals surface area contributed by atoms with Crippen molar-refractivity contribution in [3.05, 3.63) is 201 Å². The van der Waals surface area contributed by atoms with E-state index in [2.05, 4.69) is 123 Å². The monoisotopic (exact) mass is 819 g/mol. The van der Waals surface area contributed by atoms with E-state index in [-0.39, 0.29) is 0 Å². The summed E-state index contributed by atoms with van der Waals surface area (Å²) in [6.07, 6.45) is 6.99. The Morgan fingerprint density at radius 1 is 0.297 bits per heavy atom. The smallest absolute Gasteiger partial charge is 0.166 e. The van der Waals surface area contributed by atoms with Gasteiger partial charge in [0.1, 0.15) is 16.6 Å². The Morgan fingerprint density at radius 2 is 0.781 bits per heavy atom. The van der Waals surface area contributed by atoms with Crippen molar-refractivity contribution in [2.45, 2.75) is 0 Å². The number of aromatic nitrogens is 9. The Bertz CT molecular complexity index is 3910. The van der Waals surface area contributed by atoms with Crippen molar-refractivity contribution in [2.75, 3.05) is 0 Å². The number of fused-ring (bicyclic) bond motifs is 8. The van der Waals surface area contributed by atoms with Crippen LogP contribution in [0.5, 0.6) is 0 Å². The third-order valence-electron chi connectivity index (χ3n) is 12.2. The fraction of sp³-hybridized carbons (Fsp3) is 0. The number of benzene rings is 8. The Kier molecular flexibility index (Phi) is 8.01. The van der Waals surface area contributed by atoms with Crippen LogP contribution in [0.4, 0.5) is 0 Å². The van der Waals surface area contributed by atoms with E-state index >= 15 is 0 Å². The first-order chi connectivity index (χ1) is 31.7. The molecule has 5 aromatic heterocycles. The molecule has 9 nitrogen and oxygen atoms in total. The molecule has 0 saturated heterocycles. The highest BCUT2D eigenvalue weighted by Gasteiger charge is 2.21. The number of hydrogen-bond donors (Lipinski definition) is 0. The van der Waals surface area contributed by atoms with E-state index in [4.69, 9.17) is 29.9 Å². The first-order valence-corrected chi connectivity index (χ1v) is 21.1. The van der Waals surface area contributed by atoms with Crippen molar-refractivity contribution in [1.82, 2.24) is 44.0 Å². The van der Waals surface area contributed by atoms with Crippen LogP contribution in [0, 0.1) is 0 Å². The molecule has 0 amide bonds. The molecule has 0 bridgehead atoms. The molecule has 0 aliphatic heterocycles. The largest absolute Gasteiger partial charge is 0.307 e. The van der Waals surface area contributed by atoms with Gasteiger partial charge in [0, 0.05) is 63.0 Å². The van der Waals surface area contributed by atoms with Crippen LogP contribution in [0.15, 0.2) is 201 Å². The van der Waals surface area contributed by atoms with Crippen molar-refractivity contribution in [3.63, 3.8) is 0 Å². The van der Waals surface area contributed by atoms with E-state index in [0.29, 0.717) is 23.0 Å². The van der Waals surface area contributed by atoms with Gasteiger partial charge < -0.3 is 9.13 Å². The summed E-state index contributed by atoms with van der Waals surface area (Å²) in [6, 6.07) is 61.1. The minimum absolute atomic E-state index is 0.530. The zero-order valence-electron chi connectivity index (χ0n) is 34.1. The summed E-state index contributed by atoms with van der Waals surface area (Å²) < 4.78 is 4.61. The van der Waals surface area contributed by atoms with E-state index in [1.807, 2.05) is 66.7 Å². The molecule has 64 heavy (non-hydrogen) atoms. The van der Waals surface area contributed by atoms with Crippen LogP contribution in [0.25, 0.3) is 122 Å². The molecule has 298 valence electrons. The summed E-state index contributed by atoms with van der Waals surface area (Å²) in [5, 5.41) is 4.64. The lowest BCUT2D eigenvalue weighted by molar-refractivity contribution is 1.07. The van der Waals surface area contributed by atoms with Gasteiger partial charge in [-0.25, -0.2) is 15.0 Å². The standard InChI is InChI=1S/C55H33N9/c1-3-12-34(13-4-1)53-60-54(35-14-5-2-6-15-35)62-55(61-53)40-24-27-49(52-50(40)57-30-31-59-52)64-45-20-10-8-17-39(45)42-33-37(23-26-47(42)64)36-22-25-46-41(32-36)38-16-7-9-19-44(38)63(46)48-21-11-18-43-51(48)58-29-28-56-43/h1-33H. The maximum absolute atomic E-state index is 5.04. The molecule has 0 aliphatic carbocycles. The lowest BCUT2D eigenvalue weighted by Gasteiger charge is -2.14. The lowest BCUT2D eigenvalue weighted by atomic mass is 10.0. The summed E-state index contributed by atoms with van der Waals surface area (Å²) in [5.41, 5.74) is 14.3. The molecular formula is C55H33N9. The van der Waals surface area contributed by atoms with Crippen molar-refractivity contribution in [2.24, 2.45) is 0 Å². The molecule has 0 aliphatic rings. The first kappa shape index (κ1) is 35.8. The second kappa shape index (κ2) is 14.3. The van der Waals surface area contributed by atoms with Gasteiger partial charge in [-0.2, -0.15) is 0 Å². The van der Waals surface area contributed by atoms with Gasteiger partial charge in [0.05, 0.1) is 39.0 Å². The SMILES string of the molecule is c1ccc(-c2nc(-c3ccccc3)nc(-c3ccc(-n4c5ccccc5c5cc(-c6ccc7c(c6)c6ccccc6n7-c6cccc7nccnc67)ccc54)c4nccnc34)n2)cc1. The second-order valence-electron chi connectivity index (χ2n) is 15.8. The lowest BCUT2D eigenvalue weighted by Crippen LogP contribution is -2.03. The zero-order valence-corrected chi connectivity index (χ0v) is 34.1. The summed E-state index contributed by atoms with van der Waals surface area (Å²) in [7, 11) is 0. The van der Waals surface area contributed by atoms with Gasteiger partial charge in [-0.1, -0.05) is 115 Å². The Morgan fingerprint density at radius 3 is 1.39 bits per heavy atom. The predicted octanol–water partition coefficient (Wildman–Crippen LogP) is 12.6. The fourth-order valence-corrected chi connectivity index (χ4v) is 9.31. The molecule has 0 fully saturated rings. The van der Waals surface area contributed by atoms with E-state index in [9.17, 15) is 0 Å². The molecule has 8 aromatic carbocycles. The molecule has 0 radical (unpaired) electrons. The number of rotatable bonds is 6. The third kappa shape index (κ3) is 5.61. The van der Waals surface area contributed by atoms with Crippen LogP contribution in [0.3, 0.4) is 0 Å². The minimum Gasteiger partial charge on any atom is -0.307 e. The van der Waals surface area contributed by atoms with Crippen LogP contribution in [-0.2, 0) is 0 Å². The molecule has 0 spiro atoms. The van der Waals surface area contributed by atoms with E-state index in [1.165, 1.54) is 10.8 Å². The third-order valence-corrected chi connectivity index (χ3v) is 12.2. The van der Waals surface area contributed by atoms with Gasteiger partial charge in [-0.15, -0.1) is 0 Å². The average Bonchev–Trinajstić information content (AvgIpc) is 3.88. The van der Waals surface area contributed by atoms with E-state index < -0.39 is 0 Å². The topological polar surface area (TPSA) is 100 Å². The molecule has 0 atom stereocenters. The molecule has 13 aromatic rings. The molecule has 5 heterocycles. The van der Waals surface area contributed by atoms with Gasteiger partial charge in [-0.3, -0.25) is 19.9 Å².